The van der Waals surface area contributed by atoms with Gasteiger partial charge in [0, 0.05) is 0 Å². The Morgan fingerprint density at radius 3 is 2.25 bits per heavy atom. The predicted molar refractivity (Wildman–Crippen MR) is 71.4 cm³/mol. The molecule has 0 aliphatic carbocycles. The van der Waals surface area contributed by atoms with Crippen molar-refractivity contribution >= 4 is 0 Å². The van der Waals surface area contributed by atoms with Gasteiger partial charge in [-0.15, -0.1) is 0 Å². The molecule has 0 saturated heterocycles. The summed E-state index contributed by atoms with van der Waals surface area (Å²) < 4.78 is 6.69. The van der Waals surface area contributed by atoms with Crippen molar-refractivity contribution in [1.29, 1.82) is 0 Å². The first kappa shape index (κ1) is 15.5. The Kier molecular flexibility index (Phi) is 9.40. The normalized spacial score (nSPS) is 15.2. The minimum absolute atomic E-state index is 0.849. The van der Waals surface area contributed by atoms with Crippen LogP contribution >= 0.6 is 0 Å². The molecule has 1 unspecified atom stereocenters. The number of hydrogen-bond donors (Lipinski definition) is 0. The molecule has 0 fully saturated rings. The Bertz CT molecular complexity index is 180. The van der Waals surface area contributed by atoms with Crippen molar-refractivity contribution in [3.63, 3.8) is 0 Å². The molecule has 0 N–H and O–H groups in total. The van der Waals surface area contributed by atoms with Crippen molar-refractivity contribution in [3.05, 3.63) is 12.3 Å². The summed E-state index contributed by atoms with van der Waals surface area (Å²) in [6.45, 7) is 14.7. The van der Waals surface area contributed by atoms with E-state index in [9.17, 15) is 0 Å². The molecule has 0 amide bonds. The molecule has 1 atom stereocenters. The smallest absolute Gasteiger partial charge is 0.136 e. The molecule has 96 valence electrons. The lowest BCUT2D eigenvalue weighted by Crippen LogP contribution is -2.51. The molecule has 2 nitrogen and oxygen atoms in total. The van der Waals surface area contributed by atoms with Crippen molar-refractivity contribution in [2.45, 2.75) is 47.0 Å². The van der Waals surface area contributed by atoms with Crippen LogP contribution in [0.5, 0.6) is 0 Å². The molecule has 0 heterocycles. The summed E-state index contributed by atoms with van der Waals surface area (Å²) in [4.78, 5) is 0. The average Bonchev–Trinajstić information content (AvgIpc) is 2.31. The molecule has 0 radical (unpaired) electrons. The maximum absolute atomic E-state index is 5.47. The topological polar surface area (TPSA) is 9.23 Å². The summed E-state index contributed by atoms with van der Waals surface area (Å²) in [5, 5.41) is 0. The Hall–Kier alpha value is -0.500. The van der Waals surface area contributed by atoms with E-state index >= 15 is 0 Å². The Labute approximate surface area is 102 Å². The molecular weight excluding hydrogens is 198 g/mol. The molecule has 0 aromatic heterocycles. The molecule has 0 saturated carbocycles. The summed E-state index contributed by atoms with van der Waals surface area (Å²) in [6.07, 6.45) is 7.64. The van der Waals surface area contributed by atoms with Crippen molar-refractivity contribution in [2.75, 3.05) is 32.8 Å². The van der Waals surface area contributed by atoms with Crippen LogP contribution in [0.4, 0.5) is 0 Å². The van der Waals surface area contributed by atoms with Gasteiger partial charge in [0.25, 0.3) is 0 Å². The maximum Gasteiger partial charge on any atom is 0.136 e. The third-order valence-corrected chi connectivity index (χ3v) is 3.27. The van der Waals surface area contributed by atoms with E-state index in [1.807, 2.05) is 13.0 Å². The molecule has 0 aromatic rings. The number of quaternary nitrogens is 1. The zero-order valence-corrected chi connectivity index (χ0v) is 11.7. The van der Waals surface area contributed by atoms with Gasteiger partial charge in [0.05, 0.1) is 25.9 Å². The minimum atomic E-state index is 0.849. The summed E-state index contributed by atoms with van der Waals surface area (Å²) in [5.41, 5.74) is 0. The van der Waals surface area contributed by atoms with Gasteiger partial charge in [-0.3, -0.25) is 0 Å². The van der Waals surface area contributed by atoms with Gasteiger partial charge in [-0.05, 0) is 26.7 Å². The second kappa shape index (κ2) is 9.71. The third kappa shape index (κ3) is 6.16. The highest BCUT2D eigenvalue weighted by atomic mass is 16.5. The van der Waals surface area contributed by atoms with Crippen LogP contribution in [0.25, 0.3) is 0 Å². The highest BCUT2D eigenvalue weighted by Gasteiger charge is 2.23. The quantitative estimate of drug-likeness (QED) is 0.315. The van der Waals surface area contributed by atoms with Crippen molar-refractivity contribution < 1.29 is 9.22 Å². The van der Waals surface area contributed by atoms with Gasteiger partial charge in [-0.2, -0.15) is 0 Å². The lowest BCUT2D eigenvalue weighted by molar-refractivity contribution is -0.927. The number of allylic oxidation sites excluding steroid dienone is 1. The molecule has 0 aliphatic rings. The number of hydrogen-bond acceptors (Lipinski definition) is 1. The molecule has 0 bridgehead atoms. The average molecular weight is 228 g/mol. The summed E-state index contributed by atoms with van der Waals surface area (Å²) in [6, 6.07) is 0. The van der Waals surface area contributed by atoms with E-state index in [0.29, 0.717) is 0 Å². The summed E-state index contributed by atoms with van der Waals surface area (Å²) in [5.74, 6) is 0. The van der Waals surface area contributed by atoms with Crippen LogP contribution in [0.2, 0.25) is 0 Å². The molecule has 2 heteroatoms. The maximum atomic E-state index is 5.47. The first-order valence-corrected chi connectivity index (χ1v) is 6.82. The standard InChI is InChI=1S/C14H30NO/c1-5-9-11-15(8-4,10-6-2)12-14-16-13-7-3/h7,13H,5-6,8-12,14H2,1-4H3/q+1/b13-7+. The Morgan fingerprint density at radius 1 is 1.00 bits per heavy atom. The van der Waals surface area contributed by atoms with E-state index in [2.05, 4.69) is 20.8 Å². The van der Waals surface area contributed by atoms with Crippen LogP contribution in [0.3, 0.4) is 0 Å². The summed E-state index contributed by atoms with van der Waals surface area (Å²) >= 11 is 0. The van der Waals surface area contributed by atoms with Gasteiger partial charge in [-0.25, -0.2) is 0 Å². The second-order valence-corrected chi connectivity index (χ2v) is 4.52. The van der Waals surface area contributed by atoms with E-state index in [1.54, 1.807) is 6.26 Å². The van der Waals surface area contributed by atoms with E-state index in [-0.39, 0.29) is 0 Å². The molecule has 0 aromatic carbocycles. The van der Waals surface area contributed by atoms with E-state index in [0.717, 1.165) is 13.2 Å². The molecule has 0 rings (SSSR count). The lowest BCUT2D eigenvalue weighted by Gasteiger charge is -2.37. The second-order valence-electron chi connectivity index (χ2n) is 4.52. The van der Waals surface area contributed by atoms with Gasteiger partial charge in [-0.1, -0.05) is 26.3 Å². The highest BCUT2D eigenvalue weighted by Crippen LogP contribution is 2.11. The van der Waals surface area contributed by atoms with Crippen LogP contribution in [0, 0.1) is 0 Å². The fourth-order valence-corrected chi connectivity index (χ4v) is 2.19. The zero-order valence-electron chi connectivity index (χ0n) is 11.7. The summed E-state index contributed by atoms with van der Waals surface area (Å²) in [7, 11) is 0. The fraction of sp³-hybridized carbons (Fsp3) is 0.857. The number of unbranched alkanes of at least 4 members (excludes halogenated alkanes) is 1. The number of likely N-dealkylation sites (N-methyl/N-ethyl adjacent to an activating group) is 1. The predicted octanol–water partition coefficient (Wildman–Crippen LogP) is 3.58. The zero-order chi connectivity index (χ0) is 12.3. The monoisotopic (exact) mass is 228 g/mol. The van der Waals surface area contributed by atoms with E-state index in [4.69, 9.17) is 4.74 Å². The lowest BCUT2D eigenvalue weighted by atomic mass is 10.2. The van der Waals surface area contributed by atoms with E-state index in [1.165, 1.54) is 43.4 Å². The van der Waals surface area contributed by atoms with Crippen molar-refractivity contribution in [1.82, 2.24) is 0 Å². The van der Waals surface area contributed by atoms with Gasteiger partial charge in [0.1, 0.15) is 13.2 Å². The van der Waals surface area contributed by atoms with Crippen LogP contribution in [-0.4, -0.2) is 37.3 Å². The van der Waals surface area contributed by atoms with Gasteiger partial charge < -0.3 is 9.22 Å². The number of rotatable bonds is 10. The van der Waals surface area contributed by atoms with Crippen LogP contribution in [-0.2, 0) is 4.74 Å². The SMILES string of the molecule is C/C=C/OCC[N+](CC)(CCC)CCCC. The molecule has 0 aliphatic heterocycles. The van der Waals surface area contributed by atoms with Gasteiger partial charge >= 0.3 is 0 Å². The largest absolute Gasteiger partial charge is 0.496 e. The van der Waals surface area contributed by atoms with Crippen LogP contribution in [0.1, 0.15) is 47.0 Å². The fourth-order valence-electron chi connectivity index (χ4n) is 2.19. The first-order valence-electron chi connectivity index (χ1n) is 6.82. The van der Waals surface area contributed by atoms with Gasteiger partial charge in [0.15, 0.2) is 0 Å². The van der Waals surface area contributed by atoms with Gasteiger partial charge in [0.2, 0.25) is 0 Å². The Balaban J connectivity index is 4.14. The van der Waals surface area contributed by atoms with Crippen LogP contribution in [0.15, 0.2) is 12.3 Å². The minimum Gasteiger partial charge on any atom is -0.496 e. The molecular formula is C14H30NO+. The molecule has 16 heavy (non-hydrogen) atoms. The third-order valence-electron chi connectivity index (χ3n) is 3.27. The van der Waals surface area contributed by atoms with Crippen molar-refractivity contribution in [2.24, 2.45) is 0 Å². The molecule has 0 spiro atoms. The number of ether oxygens (including phenoxy) is 1. The number of nitrogens with zero attached hydrogens (tertiary/aromatic N) is 1. The Morgan fingerprint density at radius 2 is 1.75 bits per heavy atom. The van der Waals surface area contributed by atoms with Crippen molar-refractivity contribution in [3.8, 4) is 0 Å². The van der Waals surface area contributed by atoms with Crippen LogP contribution < -0.4 is 0 Å². The van der Waals surface area contributed by atoms with E-state index < -0.39 is 0 Å². The first-order chi connectivity index (χ1) is 7.74. The highest BCUT2D eigenvalue weighted by molar-refractivity contribution is 4.64.